The maximum Gasteiger partial charge on any atom is 0.224 e. The minimum Gasteiger partial charge on any atom is -0.379 e. The van der Waals surface area contributed by atoms with Crippen LogP contribution in [0.2, 0.25) is 0 Å². The molecule has 7 nitrogen and oxygen atoms in total. The SMILES string of the molecule is CC(C)OCCCNC(=O)[C@H]1CCCN(c2nc3ncccc3n3cccc23)C1. The summed E-state index contributed by atoms with van der Waals surface area (Å²) in [7, 11) is 0. The molecule has 29 heavy (non-hydrogen) atoms. The Morgan fingerprint density at radius 3 is 3.03 bits per heavy atom. The van der Waals surface area contributed by atoms with Crippen molar-refractivity contribution in [3.63, 3.8) is 0 Å². The van der Waals surface area contributed by atoms with Gasteiger partial charge in [-0.1, -0.05) is 0 Å². The Balaban J connectivity index is 1.45. The number of pyridine rings is 1. The summed E-state index contributed by atoms with van der Waals surface area (Å²) >= 11 is 0. The van der Waals surface area contributed by atoms with E-state index in [0.717, 1.165) is 48.3 Å². The van der Waals surface area contributed by atoms with Crippen molar-refractivity contribution in [2.45, 2.75) is 39.2 Å². The lowest BCUT2D eigenvalue weighted by molar-refractivity contribution is -0.125. The van der Waals surface area contributed by atoms with Crippen LogP contribution in [-0.4, -0.2) is 52.6 Å². The van der Waals surface area contributed by atoms with Crippen molar-refractivity contribution in [3.05, 3.63) is 36.7 Å². The Morgan fingerprint density at radius 1 is 1.31 bits per heavy atom. The number of piperidine rings is 1. The van der Waals surface area contributed by atoms with Gasteiger partial charge >= 0.3 is 0 Å². The largest absolute Gasteiger partial charge is 0.379 e. The number of anilines is 1. The molecular weight excluding hydrogens is 366 g/mol. The smallest absolute Gasteiger partial charge is 0.224 e. The minimum atomic E-state index is -0.0222. The number of fused-ring (bicyclic) bond motifs is 3. The molecular formula is C22H29N5O2. The highest BCUT2D eigenvalue weighted by atomic mass is 16.5. The van der Waals surface area contributed by atoms with Gasteiger partial charge in [-0.2, -0.15) is 0 Å². The van der Waals surface area contributed by atoms with Gasteiger partial charge in [0.2, 0.25) is 5.91 Å². The van der Waals surface area contributed by atoms with E-state index in [9.17, 15) is 4.79 Å². The van der Waals surface area contributed by atoms with E-state index in [1.54, 1.807) is 6.20 Å². The monoisotopic (exact) mass is 395 g/mol. The van der Waals surface area contributed by atoms with Gasteiger partial charge < -0.3 is 19.4 Å². The second-order valence-corrected chi connectivity index (χ2v) is 7.89. The van der Waals surface area contributed by atoms with Crippen molar-refractivity contribution < 1.29 is 9.53 Å². The van der Waals surface area contributed by atoms with E-state index in [4.69, 9.17) is 9.72 Å². The zero-order valence-corrected chi connectivity index (χ0v) is 17.2. The van der Waals surface area contributed by atoms with E-state index >= 15 is 0 Å². The second kappa shape index (κ2) is 8.78. The van der Waals surface area contributed by atoms with Crippen LogP contribution in [0, 0.1) is 5.92 Å². The molecule has 1 fully saturated rings. The topological polar surface area (TPSA) is 71.8 Å². The Hall–Kier alpha value is -2.67. The zero-order chi connectivity index (χ0) is 20.2. The number of ether oxygens (including phenoxy) is 1. The van der Waals surface area contributed by atoms with E-state index in [-0.39, 0.29) is 17.9 Å². The highest BCUT2D eigenvalue weighted by Gasteiger charge is 2.27. The van der Waals surface area contributed by atoms with Crippen LogP contribution in [0.3, 0.4) is 0 Å². The molecule has 7 heteroatoms. The molecule has 1 atom stereocenters. The molecule has 4 heterocycles. The van der Waals surface area contributed by atoms with Crippen LogP contribution in [0.5, 0.6) is 0 Å². The predicted octanol–water partition coefficient (Wildman–Crippen LogP) is 3.03. The van der Waals surface area contributed by atoms with Gasteiger partial charge in [0.15, 0.2) is 11.5 Å². The average Bonchev–Trinajstić information content (AvgIpc) is 3.23. The van der Waals surface area contributed by atoms with Crippen molar-refractivity contribution in [2.24, 2.45) is 5.92 Å². The third-order valence-corrected chi connectivity index (χ3v) is 5.38. The second-order valence-electron chi connectivity index (χ2n) is 7.89. The predicted molar refractivity (Wildman–Crippen MR) is 114 cm³/mol. The summed E-state index contributed by atoms with van der Waals surface area (Å²) in [5.41, 5.74) is 2.77. The quantitative estimate of drug-likeness (QED) is 0.623. The Morgan fingerprint density at radius 2 is 2.17 bits per heavy atom. The van der Waals surface area contributed by atoms with Crippen LogP contribution in [0.25, 0.3) is 16.7 Å². The summed E-state index contributed by atoms with van der Waals surface area (Å²) in [6, 6.07) is 8.06. The average molecular weight is 396 g/mol. The van der Waals surface area contributed by atoms with Gasteiger partial charge in [0.1, 0.15) is 0 Å². The van der Waals surface area contributed by atoms with Crippen molar-refractivity contribution >= 4 is 28.4 Å². The van der Waals surface area contributed by atoms with Crippen molar-refractivity contribution in [3.8, 4) is 0 Å². The normalized spacial score (nSPS) is 17.3. The Labute approximate surface area is 171 Å². The van der Waals surface area contributed by atoms with Gasteiger partial charge in [-0.15, -0.1) is 0 Å². The molecule has 4 rings (SSSR count). The third-order valence-electron chi connectivity index (χ3n) is 5.38. The minimum absolute atomic E-state index is 0.0222. The summed E-state index contributed by atoms with van der Waals surface area (Å²) in [6.45, 7) is 6.96. The molecule has 1 saturated heterocycles. The van der Waals surface area contributed by atoms with Crippen LogP contribution >= 0.6 is 0 Å². The zero-order valence-electron chi connectivity index (χ0n) is 17.2. The third kappa shape index (κ3) is 4.34. The number of nitrogens with one attached hydrogen (secondary N) is 1. The number of amides is 1. The first-order chi connectivity index (χ1) is 14.1. The molecule has 3 aromatic rings. The molecule has 3 aromatic heterocycles. The van der Waals surface area contributed by atoms with Gasteiger partial charge in [-0.3, -0.25) is 4.79 Å². The molecule has 0 spiro atoms. The van der Waals surface area contributed by atoms with E-state index in [1.165, 1.54) is 0 Å². The molecule has 0 aromatic carbocycles. The number of carbonyl (C=O) groups excluding carboxylic acids is 1. The molecule has 0 bridgehead atoms. The van der Waals surface area contributed by atoms with Crippen molar-refractivity contribution in [1.82, 2.24) is 19.7 Å². The maximum atomic E-state index is 12.7. The fourth-order valence-corrected chi connectivity index (χ4v) is 3.96. The van der Waals surface area contributed by atoms with E-state index in [0.29, 0.717) is 19.7 Å². The standard InChI is InChI=1S/C22H29N5O2/c1-16(2)29-14-6-11-24-22(28)17-7-4-12-26(15-17)21-19-9-5-13-27(19)18-8-3-10-23-20(18)25-21/h3,5,8-10,13,16-17H,4,6-7,11-12,14-15H2,1-2H3,(H,24,28)/t17-/m0/s1. The molecule has 0 unspecified atom stereocenters. The van der Waals surface area contributed by atoms with Gasteiger partial charge in [-0.05, 0) is 57.4 Å². The van der Waals surface area contributed by atoms with Crippen LogP contribution in [-0.2, 0) is 9.53 Å². The lowest BCUT2D eigenvalue weighted by Crippen LogP contribution is -2.43. The molecule has 0 aliphatic carbocycles. The molecule has 154 valence electrons. The highest BCUT2D eigenvalue weighted by molar-refractivity contribution is 5.84. The molecule has 0 radical (unpaired) electrons. The van der Waals surface area contributed by atoms with Crippen LogP contribution < -0.4 is 10.2 Å². The molecule has 0 saturated carbocycles. The lowest BCUT2D eigenvalue weighted by Gasteiger charge is -2.33. The van der Waals surface area contributed by atoms with Crippen molar-refractivity contribution in [1.29, 1.82) is 0 Å². The van der Waals surface area contributed by atoms with Crippen LogP contribution in [0.15, 0.2) is 36.7 Å². The number of hydrogen-bond acceptors (Lipinski definition) is 5. The maximum absolute atomic E-state index is 12.7. The summed E-state index contributed by atoms with van der Waals surface area (Å²) in [5, 5.41) is 3.08. The van der Waals surface area contributed by atoms with Crippen LogP contribution in [0.1, 0.15) is 33.1 Å². The fourth-order valence-electron chi connectivity index (χ4n) is 3.96. The number of rotatable bonds is 7. The molecule has 1 N–H and O–H groups in total. The fraction of sp³-hybridized carbons (Fsp3) is 0.500. The summed E-state index contributed by atoms with van der Waals surface area (Å²) < 4.78 is 7.66. The Kier molecular flexibility index (Phi) is 5.94. The molecule has 1 aliphatic rings. The van der Waals surface area contributed by atoms with Gasteiger partial charge in [0.25, 0.3) is 0 Å². The number of hydrogen-bond donors (Lipinski definition) is 1. The van der Waals surface area contributed by atoms with Gasteiger partial charge in [-0.25, -0.2) is 9.97 Å². The molecule has 1 aliphatic heterocycles. The molecule has 1 amide bonds. The first kappa shape index (κ1) is 19.6. The number of aromatic nitrogens is 3. The first-order valence-corrected chi connectivity index (χ1v) is 10.5. The number of nitrogens with zero attached hydrogens (tertiary/aromatic N) is 4. The summed E-state index contributed by atoms with van der Waals surface area (Å²) in [6.07, 6.45) is 6.76. The van der Waals surface area contributed by atoms with E-state index in [2.05, 4.69) is 25.7 Å². The lowest BCUT2D eigenvalue weighted by atomic mass is 9.97. The summed E-state index contributed by atoms with van der Waals surface area (Å²) in [4.78, 5) is 24.2. The number of carbonyl (C=O) groups is 1. The van der Waals surface area contributed by atoms with E-state index < -0.39 is 0 Å². The first-order valence-electron chi connectivity index (χ1n) is 10.5. The highest BCUT2D eigenvalue weighted by Crippen LogP contribution is 2.28. The van der Waals surface area contributed by atoms with Crippen molar-refractivity contribution in [2.75, 3.05) is 31.1 Å². The Bertz CT molecular complexity index is 984. The van der Waals surface area contributed by atoms with Gasteiger partial charge in [0.05, 0.1) is 23.1 Å². The summed E-state index contributed by atoms with van der Waals surface area (Å²) in [5.74, 6) is 1.01. The van der Waals surface area contributed by atoms with Gasteiger partial charge in [0, 0.05) is 38.6 Å². The van der Waals surface area contributed by atoms with Crippen LogP contribution in [0.4, 0.5) is 5.82 Å². The van der Waals surface area contributed by atoms with E-state index in [1.807, 2.05) is 38.2 Å².